The number of hydrogen-bond acceptors (Lipinski definition) is 3. The minimum atomic E-state index is -4.51. The van der Waals surface area contributed by atoms with Crippen LogP contribution in [-0.2, 0) is 21.0 Å². The Hall–Kier alpha value is -3.07. The quantitative estimate of drug-likeness (QED) is 0.499. The summed E-state index contributed by atoms with van der Waals surface area (Å²) >= 11 is 0. The second-order valence-corrected chi connectivity index (χ2v) is 9.13. The second-order valence-electron chi connectivity index (χ2n) is 7.45. The largest absolute Gasteiger partial charge is 0.416 e. The van der Waals surface area contributed by atoms with E-state index < -0.39 is 21.8 Å². The summed E-state index contributed by atoms with van der Waals surface area (Å²) in [6.45, 7) is 0. The molecule has 5 nitrogen and oxygen atoms in total. The molecular formula is C22H19F3N2O3S. The van der Waals surface area contributed by atoms with E-state index in [0.717, 1.165) is 43.5 Å². The third-order valence-electron chi connectivity index (χ3n) is 5.22. The molecule has 1 aliphatic carbocycles. The molecular weight excluding hydrogens is 429 g/mol. The molecule has 162 valence electrons. The third kappa shape index (κ3) is 4.51. The highest BCUT2D eigenvalue weighted by atomic mass is 32.2. The van der Waals surface area contributed by atoms with Gasteiger partial charge in [-0.25, -0.2) is 8.42 Å². The lowest BCUT2D eigenvalue weighted by Gasteiger charge is -2.13. The number of sulfonamides is 1. The van der Waals surface area contributed by atoms with Crippen LogP contribution in [0.1, 0.15) is 30.4 Å². The zero-order valence-corrected chi connectivity index (χ0v) is 17.1. The van der Waals surface area contributed by atoms with Gasteiger partial charge in [0.25, 0.3) is 15.9 Å². The summed E-state index contributed by atoms with van der Waals surface area (Å²) in [5, 5.41) is 2.73. The zero-order valence-electron chi connectivity index (χ0n) is 16.2. The SMILES string of the molecule is O=C1Nc2ccc(S(=O)(=O)Nc3ccc(C(F)(F)F)cc3)cc2C1=CC1C=CCCC1. The normalized spacial score (nSPS) is 19.9. The number of carbonyl (C=O) groups is 1. The minimum absolute atomic E-state index is 0.00538. The van der Waals surface area contributed by atoms with Crippen molar-refractivity contribution in [1.29, 1.82) is 0 Å². The fraction of sp³-hybridized carbons (Fsp3) is 0.227. The molecule has 0 radical (unpaired) electrons. The molecule has 2 aromatic carbocycles. The molecule has 1 aliphatic heterocycles. The van der Waals surface area contributed by atoms with Gasteiger partial charge in [0.15, 0.2) is 0 Å². The van der Waals surface area contributed by atoms with Crippen LogP contribution in [0.15, 0.2) is 65.6 Å². The van der Waals surface area contributed by atoms with Crippen molar-refractivity contribution in [3.63, 3.8) is 0 Å². The molecule has 1 heterocycles. The molecule has 0 aromatic heterocycles. The van der Waals surface area contributed by atoms with Crippen molar-refractivity contribution in [2.75, 3.05) is 10.0 Å². The molecule has 0 bridgehead atoms. The van der Waals surface area contributed by atoms with Crippen molar-refractivity contribution < 1.29 is 26.4 Å². The van der Waals surface area contributed by atoms with Crippen LogP contribution < -0.4 is 10.0 Å². The smallest absolute Gasteiger partial charge is 0.321 e. The first-order valence-electron chi connectivity index (χ1n) is 9.68. The molecule has 2 N–H and O–H groups in total. The van der Waals surface area contributed by atoms with Crippen molar-refractivity contribution >= 4 is 32.9 Å². The summed E-state index contributed by atoms with van der Waals surface area (Å²) in [6, 6.07) is 7.97. The highest BCUT2D eigenvalue weighted by Gasteiger charge is 2.30. The first kappa shape index (κ1) is 21.2. The summed E-state index contributed by atoms with van der Waals surface area (Å²) in [4.78, 5) is 12.3. The van der Waals surface area contributed by atoms with E-state index >= 15 is 0 Å². The Kier molecular flexibility index (Phi) is 5.38. The highest BCUT2D eigenvalue weighted by molar-refractivity contribution is 7.92. The van der Waals surface area contributed by atoms with Gasteiger partial charge < -0.3 is 5.32 Å². The molecule has 1 unspecified atom stereocenters. The molecule has 4 rings (SSSR count). The Labute approximate surface area is 177 Å². The van der Waals surface area contributed by atoms with E-state index in [4.69, 9.17) is 0 Å². The van der Waals surface area contributed by atoms with Crippen molar-refractivity contribution in [3.8, 4) is 0 Å². The zero-order chi connectivity index (χ0) is 22.2. The van der Waals surface area contributed by atoms with Gasteiger partial charge in [-0.3, -0.25) is 9.52 Å². The third-order valence-corrected chi connectivity index (χ3v) is 6.60. The number of alkyl halides is 3. The van der Waals surface area contributed by atoms with Crippen molar-refractivity contribution in [3.05, 3.63) is 71.8 Å². The van der Waals surface area contributed by atoms with Crippen molar-refractivity contribution in [2.24, 2.45) is 5.92 Å². The Morgan fingerprint density at radius 2 is 1.84 bits per heavy atom. The van der Waals surface area contributed by atoms with E-state index in [9.17, 15) is 26.4 Å². The number of nitrogens with one attached hydrogen (secondary N) is 2. The topological polar surface area (TPSA) is 75.3 Å². The Morgan fingerprint density at radius 3 is 2.48 bits per heavy atom. The molecule has 2 aliphatic rings. The van der Waals surface area contributed by atoms with Crippen LogP contribution in [-0.4, -0.2) is 14.3 Å². The number of halogens is 3. The van der Waals surface area contributed by atoms with Crippen LogP contribution in [0.3, 0.4) is 0 Å². The Bertz CT molecular complexity index is 1180. The standard InChI is InChI=1S/C22H19F3N2O3S/c23-22(24,25)15-6-8-16(9-7-15)27-31(29,30)17-10-11-20-18(13-17)19(21(28)26-20)12-14-4-2-1-3-5-14/h2,4,6-14,27H,1,3,5H2,(H,26,28). The van der Waals surface area contributed by atoms with Crippen molar-refractivity contribution in [1.82, 2.24) is 0 Å². The van der Waals surface area contributed by atoms with Crippen LogP contribution in [0.2, 0.25) is 0 Å². The van der Waals surface area contributed by atoms with Gasteiger partial charge in [0.1, 0.15) is 0 Å². The number of carbonyl (C=O) groups excluding carboxylic acids is 1. The van der Waals surface area contributed by atoms with Gasteiger partial charge in [0.05, 0.1) is 10.5 Å². The maximum absolute atomic E-state index is 12.8. The summed E-state index contributed by atoms with van der Waals surface area (Å²) in [5.74, 6) is -0.190. The average Bonchev–Trinajstić information content (AvgIpc) is 3.03. The molecule has 31 heavy (non-hydrogen) atoms. The van der Waals surface area contributed by atoms with Crippen LogP contribution >= 0.6 is 0 Å². The van der Waals surface area contributed by atoms with E-state index in [0.29, 0.717) is 16.8 Å². The number of allylic oxidation sites excluding steroid dienone is 3. The number of amides is 1. The summed E-state index contributed by atoms with van der Waals surface area (Å²) in [5.41, 5.74) is 0.553. The summed E-state index contributed by atoms with van der Waals surface area (Å²) in [6.07, 6.45) is 4.37. The molecule has 1 atom stereocenters. The fourth-order valence-electron chi connectivity index (χ4n) is 3.63. The van der Waals surface area contributed by atoms with Gasteiger partial charge >= 0.3 is 6.18 Å². The molecule has 1 amide bonds. The predicted molar refractivity (Wildman–Crippen MR) is 112 cm³/mol. The van der Waals surface area contributed by atoms with E-state index in [1.807, 2.05) is 12.2 Å². The first-order chi connectivity index (χ1) is 14.6. The van der Waals surface area contributed by atoms with Crippen LogP contribution in [0, 0.1) is 5.92 Å². The van der Waals surface area contributed by atoms with Gasteiger partial charge in [-0.15, -0.1) is 0 Å². The van der Waals surface area contributed by atoms with Gasteiger partial charge in [-0.05, 0) is 67.6 Å². The number of hydrogen-bond donors (Lipinski definition) is 2. The maximum Gasteiger partial charge on any atom is 0.416 e. The number of anilines is 2. The second kappa shape index (κ2) is 7.88. The van der Waals surface area contributed by atoms with Gasteiger partial charge in [0.2, 0.25) is 0 Å². The molecule has 9 heteroatoms. The van der Waals surface area contributed by atoms with Gasteiger partial charge in [0, 0.05) is 22.5 Å². The lowest BCUT2D eigenvalue weighted by molar-refractivity contribution is -0.137. The average molecular weight is 448 g/mol. The first-order valence-corrected chi connectivity index (χ1v) is 11.2. The number of rotatable bonds is 4. The predicted octanol–water partition coefficient (Wildman–Crippen LogP) is 5.20. The summed E-state index contributed by atoms with van der Waals surface area (Å²) < 4.78 is 66.0. The molecule has 2 aromatic rings. The van der Waals surface area contributed by atoms with Gasteiger partial charge in [-0.1, -0.05) is 18.2 Å². The molecule has 0 fully saturated rings. The Morgan fingerprint density at radius 1 is 1.10 bits per heavy atom. The Balaban J connectivity index is 1.62. The lowest BCUT2D eigenvalue weighted by atomic mass is 9.92. The van der Waals surface area contributed by atoms with Crippen LogP contribution in [0.5, 0.6) is 0 Å². The van der Waals surface area contributed by atoms with Crippen LogP contribution in [0.25, 0.3) is 5.57 Å². The lowest BCUT2D eigenvalue weighted by Crippen LogP contribution is -2.13. The fourth-order valence-corrected chi connectivity index (χ4v) is 4.72. The van der Waals surface area contributed by atoms with Gasteiger partial charge in [-0.2, -0.15) is 13.2 Å². The monoisotopic (exact) mass is 448 g/mol. The number of benzene rings is 2. The van der Waals surface area contributed by atoms with Crippen molar-refractivity contribution in [2.45, 2.75) is 30.3 Å². The molecule has 0 spiro atoms. The van der Waals surface area contributed by atoms with E-state index in [-0.39, 0.29) is 22.4 Å². The van der Waals surface area contributed by atoms with E-state index in [2.05, 4.69) is 16.1 Å². The molecule has 0 saturated heterocycles. The minimum Gasteiger partial charge on any atom is -0.321 e. The number of fused-ring (bicyclic) bond motifs is 1. The highest BCUT2D eigenvalue weighted by Crippen LogP contribution is 2.36. The van der Waals surface area contributed by atoms with E-state index in [1.165, 1.54) is 18.2 Å². The summed E-state index contributed by atoms with van der Waals surface area (Å²) in [7, 11) is -4.07. The molecule has 0 saturated carbocycles. The maximum atomic E-state index is 12.8. The van der Waals surface area contributed by atoms with E-state index in [1.54, 1.807) is 0 Å². The van der Waals surface area contributed by atoms with Crippen LogP contribution in [0.4, 0.5) is 24.5 Å².